The maximum absolute atomic E-state index is 2.51. The molecule has 2 heterocycles. The number of fused-ring (bicyclic) bond motifs is 10. The molecule has 0 spiro atoms. The Kier molecular flexibility index (Phi) is 7.02. The lowest BCUT2D eigenvalue weighted by molar-refractivity contribution is 1.17. The van der Waals surface area contributed by atoms with Gasteiger partial charge in [0.05, 0.1) is 22.1 Å². The third kappa shape index (κ3) is 4.91. The second-order valence-corrected chi connectivity index (χ2v) is 15.3. The van der Waals surface area contributed by atoms with Gasteiger partial charge in [0.1, 0.15) is 0 Å². The quantitative estimate of drug-likeness (QED) is 0.167. The highest BCUT2D eigenvalue weighted by molar-refractivity contribution is 6.29. The van der Waals surface area contributed by atoms with E-state index in [-0.39, 0.29) is 0 Å². The van der Waals surface area contributed by atoms with Gasteiger partial charge in [-0.05, 0) is 111 Å². The van der Waals surface area contributed by atoms with Crippen LogP contribution in [0, 0.1) is 0 Å². The van der Waals surface area contributed by atoms with E-state index >= 15 is 0 Å². The molecular weight excluding hydrogens is 689 g/mol. The molecule has 11 aromatic rings. The molecule has 266 valence electrons. The minimum absolute atomic E-state index is 0.931. The van der Waals surface area contributed by atoms with Gasteiger partial charge in [-0.2, -0.15) is 0 Å². The van der Waals surface area contributed by atoms with Crippen LogP contribution in [0.15, 0.2) is 206 Å². The van der Waals surface area contributed by atoms with E-state index in [2.05, 4.69) is 215 Å². The molecule has 9 aromatic carbocycles. The van der Waals surface area contributed by atoms with Crippen molar-refractivity contribution in [1.82, 2.24) is 9.13 Å². The zero-order chi connectivity index (χ0) is 37.5. The molecule has 2 aromatic heterocycles. The van der Waals surface area contributed by atoms with Gasteiger partial charge in [0.2, 0.25) is 0 Å². The lowest BCUT2D eigenvalue weighted by Gasteiger charge is -2.16. The second-order valence-electron chi connectivity index (χ2n) is 15.3. The Morgan fingerprint density at radius 2 is 0.807 bits per heavy atom. The van der Waals surface area contributed by atoms with E-state index in [4.69, 9.17) is 0 Å². The van der Waals surface area contributed by atoms with Crippen molar-refractivity contribution in [1.29, 1.82) is 0 Å². The van der Waals surface area contributed by atoms with Crippen molar-refractivity contribution >= 4 is 43.6 Å². The smallest absolute Gasteiger partial charge is 0.0548 e. The minimum Gasteiger partial charge on any atom is -0.309 e. The fourth-order valence-corrected chi connectivity index (χ4v) is 9.60. The summed E-state index contributed by atoms with van der Waals surface area (Å²) in [5.74, 6) is 0. The topological polar surface area (TPSA) is 9.86 Å². The van der Waals surface area contributed by atoms with Crippen LogP contribution in [-0.4, -0.2) is 9.13 Å². The highest BCUT2D eigenvalue weighted by Gasteiger charge is 2.26. The molecule has 0 N–H and O–H groups in total. The van der Waals surface area contributed by atoms with Crippen molar-refractivity contribution in [3.8, 4) is 55.9 Å². The van der Waals surface area contributed by atoms with Crippen LogP contribution in [0.4, 0.5) is 0 Å². The number of nitrogens with zero attached hydrogens (tertiary/aromatic N) is 2. The normalized spacial score (nSPS) is 12.1. The Hall–Kier alpha value is -7.42. The standard InChI is InChI=1S/C55H36N2/c1-3-14-36(15-4-1)38-26-28-39(29-27-38)47-34-43(35-49-44-21-8-7-18-41(44)33-48(47)49)57-51-25-12-10-23-46(51)55-53(57)31-30-52-54(55)45-22-9-11-24-50(45)56(52)42-20-13-19-40(32-42)37-16-5-2-6-17-37/h1-32,34-35H,33H2. The number of aromatic nitrogens is 2. The number of hydrogen-bond donors (Lipinski definition) is 0. The molecule has 1 aliphatic rings. The van der Waals surface area contributed by atoms with Crippen LogP contribution < -0.4 is 0 Å². The fraction of sp³-hybridized carbons (Fsp3) is 0.0182. The first-order valence-corrected chi connectivity index (χ1v) is 19.8. The zero-order valence-electron chi connectivity index (χ0n) is 31.2. The van der Waals surface area contributed by atoms with E-state index in [1.165, 1.54) is 105 Å². The molecule has 0 fully saturated rings. The van der Waals surface area contributed by atoms with Crippen LogP contribution >= 0.6 is 0 Å². The fourth-order valence-electron chi connectivity index (χ4n) is 9.60. The summed E-state index contributed by atoms with van der Waals surface area (Å²) in [5, 5.41) is 5.08. The van der Waals surface area contributed by atoms with E-state index < -0.39 is 0 Å². The van der Waals surface area contributed by atoms with E-state index in [0.717, 1.165) is 12.1 Å². The molecule has 0 aliphatic heterocycles. The Balaban J connectivity index is 1.12. The monoisotopic (exact) mass is 724 g/mol. The summed E-state index contributed by atoms with van der Waals surface area (Å²) in [6, 6.07) is 75.8. The van der Waals surface area contributed by atoms with Crippen molar-refractivity contribution in [2.24, 2.45) is 0 Å². The second kappa shape index (κ2) is 12.6. The molecule has 0 atom stereocenters. The van der Waals surface area contributed by atoms with E-state index in [1.54, 1.807) is 0 Å². The molecule has 0 saturated heterocycles. The molecule has 2 nitrogen and oxygen atoms in total. The largest absolute Gasteiger partial charge is 0.309 e. The highest BCUT2D eigenvalue weighted by atomic mass is 15.0. The lowest BCUT2D eigenvalue weighted by atomic mass is 9.93. The summed E-state index contributed by atoms with van der Waals surface area (Å²) >= 11 is 0. The van der Waals surface area contributed by atoms with Crippen LogP contribution in [0.5, 0.6) is 0 Å². The Bertz CT molecular complexity index is 3350. The molecule has 0 bridgehead atoms. The maximum Gasteiger partial charge on any atom is 0.0548 e. The number of hydrogen-bond acceptors (Lipinski definition) is 0. The summed E-state index contributed by atoms with van der Waals surface area (Å²) in [6.45, 7) is 0. The zero-order valence-corrected chi connectivity index (χ0v) is 31.2. The van der Waals surface area contributed by atoms with Crippen LogP contribution in [0.25, 0.3) is 99.5 Å². The van der Waals surface area contributed by atoms with Gasteiger partial charge in [-0.1, -0.05) is 158 Å². The number of benzene rings is 9. The summed E-state index contributed by atoms with van der Waals surface area (Å²) in [5.41, 5.74) is 20.0. The maximum atomic E-state index is 2.51. The molecule has 1 aliphatic carbocycles. The first-order valence-electron chi connectivity index (χ1n) is 19.8. The summed E-state index contributed by atoms with van der Waals surface area (Å²) in [7, 11) is 0. The molecule has 57 heavy (non-hydrogen) atoms. The molecule has 0 radical (unpaired) electrons. The van der Waals surface area contributed by atoms with Crippen molar-refractivity contribution in [2.75, 3.05) is 0 Å². The van der Waals surface area contributed by atoms with Gasteiger partial charge in [0.25, 0.3) is 0 Å². The van der Waals surface area contributed by atoms with Gasteiger partial charge in [0, 0.05) is 32.9 Å². The highest BCUT2D eigenvalue weighted by Crippen LogP contribution is 2.47. The van der Waals surface area contributed by atoms with E-state index in [1.807, 2.05) is 0 Å². The molecular formula is C55H36N2. The Morgan fingerprint density at radius 1 is 0.298 bits per heavy atom. The third-order valence-electron chi connectivity index (χ3n) is 12.2. The molecule has 12 rings (SSSR count). The van der Waals surface area contributed by atoms with Crippen molar-refractivity contribution in [3.05, 3.63) is 217 Å². The Labute approximate surface area is 331 Å². The predicted molar refractivity (Wildman–Crippen MR) is 240 cm³/mol. The van der Waals surface area contributed by atoms with Gasteiger partial charge in [-0.25, -0.2) is 0 Å². The molecule has 2 heteroatoms. The van der Waals surface area contributed by atoms with Crippen LogP contribution in [-0.2, 0) is 6.42 Å². The van der Waals surface area contributed by atoms with Crippen molar-refractivity contribution in [3.63, 3.8) is 0 Å². The molecule has 0 unspecified atom stereocenters. The SMILES string of the molecule is c1ccc(-c2ccc(-c3cc(-n4c5ccccc5c5c6c7ccccc7n(-c7cccc(-c8ccccc8)c7)c6ccc54)cc4c3Cc3ccccc3-4)cc2)cc1. The number of rotatable bonds is 5. The van der Waals surface area contributed by atoms with E-state index in [9.17, 15) is 0 Å². The average Bonchev–Trinajstić information content (AvgIpc) is 3.94. The summed E-state index contributed by atoms with van der Waals surface area (Å²) in [4.78, 5) is 0. The van der Waals surface area contributed by atoms with Crippen LogP contribution in [0.2, 0.25) is 0 Å². The first kappa shape index (κ1) is 31.9. The Morgan fingerprint density at radius 3 is 1.49 bits per heavy atom. The first-order chi connectivity index (χ1) is 28.3. The summed E-state index contributed by atoms with van der Waals surface area (Å²) in [6.07, 6.45) is 0.931. The minimum atomic E-state index is 0.931. The van der Waals surface area contributed by atoms with Gasteiger partial charge in [-0.15, -0.1) is 0 Å². The number of para-hydroxylation sites is 2. The van der Waals surface area contributed by atoms with Crippen LogP contribution in [0.1, 0.15) is 11.1 Å². The molecule has 0 amide bonds. The van der Waals surface area contributed by atoms with Gasteiger partial charge >= 0.3 is 0 Å². The van der Waals surface area contributed by atoms with Crippen LogP contribution in [0.3, 0.4) is 0 Å². The summed E-state index contributed by atoms with van der Waals surface area (Å²) < 4.78 is 4.96. The average molecular weight is 725 g/mol. The lowest BCUT2D eigenvalue weighted by Crippen LogP contribution is -1.98. The van der Waals surface area contributed by atoms with E-state index in [0.29, 0.717) is 0 Å². The van der Waals surface area contributed by atoms with Gasteiger partial charge in [0.15, 0.2) is 0 Å². The van der Waals surface area contributed by atoms with Crippen molar-refractivity contribution in [2.45, 2.75) is 6.42 Å². The van der Waals surface area contributed by atoms with Crippen molar-refractivity contribution < 1.29 is 0 Å². The van der Waals surface area contributed by atoms with Gasteiger partial charge < -0.3 is 9.13 Å². The predicted octanol–water partition coefficient (Wildman–Crippen LogP) is 14.5. The molecule has 0 saturated carbocycles. The van der Waals surface area contributed by atoms with Gasteiger partial charge in [-0.3, -0.25) is 0 Å². The third-order valence-corrected chi connectivity index (χ3v) is 12.2.